The summed E-state index contributed by atoms with van der Waals surface area (Å²) in [5, 5.41) is 0.267. The molecule has 1 heterocycles. The molecule has 60 valence electrons. The summed E-state index contributed by atoms with van der Waals surface area (Å²) < 4.78 is 24.6. The zero-order chi connectivity index (χ0) is 8.43. The topological polar surface area (TPSA) is 12.9 Å². The highest BCUT2D eigenvalue weighted by Crippen LogP contribution is 2.27. The van der Waals surface area contributed by atoms with Crippen LogP contribution in [-0.4, -0.2) is 4.98 Å². The van der Waals surface area contributed by atoms with Crippen molar-refractivity contribution < 1.29 is 8.78 Å². The lowest BCUT2D eigenvalue weighted by Crippen LogP contribution is -1.91. The maximum atomic E-state index is 12.1. The van der Waals surface area contributed by atoms with E-state index in [4.69, 9.17) is 11.6 Å². The van der Waals surface area contributed by atoms with Gasteiger partial charge in [0.05, 0.1) is 10.6 Å². The third-order valence-electron chi connectivity index (χ3n) is 1.10. The van der Waals surface area contributed by atoms with Crippen molar-refractivity contribution >= 4 is 34.2 Å². The average molecular weight is 289 g/mol. The molecule has 1 rings (SSSR count). The summed E-state index contributed by atoms with van der Waals surface area (Å²) in [5.41, 5.74) is -0.113. The third kappa shape index (κ3) is 1.99. The van der Waals surface area contributed by atoms with Gasteiger partial charge in [0.1, 0.15) is 0 Å². The molecule has 0 fully saturated rings. The van der Waals surface area contributed by atoms with Crippen LogP contribution in [0.25, 0.3) is 0 Å². The zero-order valence-electron chi connectivity index (χ0n) is 5.19. The van der Waals surface area contributed by atoms with Gasteiger partial charge in [-0.25, -0.2) is 8.78 Å². The predicted octanol–water partition coefficient (Wildman–Crippen LogP) is 3.28. The van der Waals surface area contributed by atoms with Crippen LogP contribution in [0.4, 0.5) is 8.78 Å². The summed E-state index contributed by atoms with van der Waals surface area (Å²) in [5.74, 6) is 0. The molecule has 0 radical (unpaired) electrons. The molecule has 0 unspecified atom stereocenters. The summed E-state index contributed by atoms with van der Waals surface area (Å²) >= 11 is 7.32. The summed E-state index contributed by atoms with van der Waals surface area (Å²) in [4.78, 5) is 3.55. The highest BCUT2D eigenvalue weighted by atomic mass is 127. The second-order valence-corrected chi connectivity index (χ2v) is 3.31. The van der Waals surface area contributed by atoms with Gasteiger partial charge in [0, 0.05) is 16.0 Å². The minimum Gasteiger partial charge on any atom is -0.263 e. The van der Waals surface area contributed by atoms with Crippen molar-refractivity contribution in [1.82, 2.24) is 4.98 Å². The maximum Gasteiger partial charge on any atom is 0.266 e. The van der Waals surface area contributed by atoms with E-state index >= 15 is 0 Å². The zero-order valence-corrected chi connectivity index (χ0v) is 8.10. The molecule has 0 aromatic carbocycles. The Labute approximate surface area is 80.9 Å². The van der Waals surface area contributed by atoms with Crippen molar-refractivity contribution in [3.05, 3.63) is 26.5 Å². The molecule has 0 saturated heterocycles. The first-order chi connectivity index (χ1) is 5.13. The molecule has 0 saturated carbocycles. The Bertz CT molecular complexity index is 267. The van der Waals surface area contributed by atoms with Gasteiger partial charge in [0.2, 0.25) is 0 Å². The fourth-order valence-corrected chi connectivity index (χ4v) is 1.27. The Morgan fingerprint density at radius 3 is 2.55 bits per heavy atom. The van der Waals surface area contributed by atoms with E-state index in [1.165, 1.54) is 6.20 Å². The average Bonchev–Trinajstić information content (AvgIpc) is 1.94. The van der Waals surface area contributed by atoms with E-state index in [1.807, 2.05) is 0 Å². The number of pyridine rings is 1. The third-order valence-corrected chi connectivity index (χ3v) is 2.91. The van der Waals surface area contributed by atoms with E-state index in [-0.39, 0.29) is 10.6 Å². The Morgan fingerprint density at radius 2 is 2.09 bits per heavy atom. The lowest BCUT2D eigenvalue weighted by Gasteiger charge is -2.02. The van der Waals surface area contributed by atoms with E-state index in [0.717, 1.165) is 6.20 Å². The van der Waals surface area contributed by atoms with Gasteiger partial charge >= 0.3 is 0 Å². The van der Waals surface area contributed by atoms with Gasteiger partial charge in [-0.05, 0) is 22.6 Å². The molecule has 0 aliphatic heterocycles. The van der Waals surface area contributed by atoms with E-state index in [1.54, 1.807) is 22.6 Å². The number of rotatable bonds is 1. The van der Waals surface area contributed by atoms with Crippen molar-refractivity contribution in [3.63, 3.8) is 0 Å². The second-order valence-electron chi connectivity index (χ2n) is 1.83. The van der Waals surface area contributed by atoms with Crippen molar-refractivity contribution in [2.24, 2.45) is 0 Å². The summed E-state index contributed by atoms with van der Waals surface area (Å²) in [7, 11) is 0. The molecule has 5 heteroatoms. The second kappa shape index (κ2) is 3.62. The van der Waals surface area contributed by atoms with Crippen LogP contribution in [0.1, 0.15) is 12.0 Å². The van der Waals surface area contributed by atoms with Crippen LogP contribution >= 0.6 is 34.2 Å². The molecule has 11 heavy (non-hydrogen) atoms. The van der Waals surface area contributed by atoms with Crippen LogP contribution in [0.15, 0.2) is 12.4 Å². The first kappa shape index (κ1) is 9.12. The number of alkyl halides is 2. The first-order valence-corrected chi connectivity index (χ1v) is 4.15. The van der Waals surface area contributed by atoms with Crippen LogP contribution in [0.3, 0.4) is 0 Å². The number of hydrogen-bond donors (Lipinski definition) is 0. The molecule has 0 atom stereocenters. The quantitative estimate of drug-likeness (QED) is 0.723. The lowest BCUT2D eigenvalue weighted by molar-refractivity contribution is 0.150. The highest BCUT2D eigenvalue weighted by molar-refractivity contribution is 14.1. The van der Waals surface area contributed by atoms with Crippen molar-refractivity contribution in [2.75, 3.05) is 0 Å². The Kier molecular flexibility index (Phi) is 3.00. The molecular formula is C6H3ClF2IN. The van der Waals surface area contributed by atoms with E-state index in [2.05, 4.69) is 4.98 Å². The van der Waals surface area contributed by atoms with E-state index in [0.29, 0.717) is 3.57 Å². The molecular weight excluding hydrogens is 286 g/mol. The Balaban J connectivity index is 3.17. The lowest BCUT2D eigenvalue weighted by atomic mass is 10.3. The largest absolute Gasteiger partial charge is 0.266 e. The molecule has 1 nitrogen and oxygen atoms in total. The van der Waals surface area contributed by atoms with Crippen molar-refractivity contribution in [1.29, 1.82) is 0 Å². The van der Waals surface area contributed by atoms with Crippen LogP contribution < -0.4 is 0 Å². The van der Waals surface area contributed by atoms with Gasteiger partial charge in [-0.3, -0.25) is 4.98 Å². The fourth-order valence-electron chi connectivity index (χ4n) is 0.586. The first-order valence-electron chi connectivity index (χ1n) is 2.70. The highest BCUT2D eigenvalue weighted by Gasteiger charge is 2.13. The van der Waals surface area contributed by atoms with Gasteiger partial charge in [-0.15, -0.1) is 0 Å². The minimum atomic E-state index is -2.51. The molecule has 0 N–H and O–H groups in total. The van der Waals surface area contributed by atoms with Crippen LogP contribution in [0, 0.1) is 3.57 Å². The van der Waals surface area contributed by atoms with Crippen LogP contribution in [-0.2, 0) is 0 Å². The Hall–Kier alpha value is 0.0300. The number of aromatic nitrogens is 1. The summed E-state index contributed by atoms with van der Waals surface area (Å²) in [6.07, 6.45) is -0.0406. The van der Waals surface area contributed by atoms with Crippen molar-refractivity contribution in [3.8, 4) is 0 Å². The van der Waals surface area contributed by atoms with Gasteiger partial charge in [-0.2, -0.15) is 0 Å². The fraction of sp³-hybridized carbons (Fsp3) is 0.167. The van der Waals surface area contributed by atoms with Crippen LogP contribution in [0.2, 0.25) is 5.02 Å². The predicted molar refractivity (Wildman–Crippen MR) is 46.9 cm³/mol. The number of halogens is 4. The molecule has 1 aromatic rings. The molecule has 0 bridgehead atoms. The molecule has 1 aromatic heterocycles. The van der Waals surface area contributed by atoms with Gasteiger partial charge < -0.3 is 0 Å². The molecule has 0 spiro atoms. The number of nitrogens with zero attached hydrogens (tertiary/aromatic N) is 1. The smallest absolute Gasteiger partial charge is 0.263 e. The summed E-state index contributed by atoms with van der Waals surface area (Å²) in [6, 6.07) is 0. The monoisotopic (exact) mass is 289 g/mol. The van der Waals surface area contributed by atoms with Crippen LogP contribution in [0.5, 0.6) is 0 Å². The SMILES string of the molecule is FC(F)c1cncc(Cl)c1I. The molecule has 0 aliphatic rings. The van der Waals surface area contributed by atoms with E-state index in [9.17, 15) is 8.78 Å². The van der Waals surface area contributed by atoms with Gasteiger partial charge in [-0.1, -0.05) is 11.6 Å². The normalized spacial score (nSPS) is 10.6. The minimum absolute atomic E-state index is 0.113. The van der Waals surface area contributed by atoms with Gasteiger partial charge in [0.25, 0.3) is 6.43 Å². The van der Waals surface area contributed by atoms with Gasteiger partial charge in [0.15, 0.2) is 0 Å². The summed E-state index contributed by atoms with van der Waals surface area (Å²) in [6.45, 7) is 0. The number of hydrogen-bond acceptors (Lipinski definition) is 1. The standard InChI is InChI=1S/C6H3ClF2IN/c7-4-2-11-1-3(5(4)10)6(8)9/h1-2,6H. The van der Waals surface area contributed by atoms with Crippen molar-refractivity contribution in [2.45, 2.75) is 6.43 Å². The Morgan fingerprint density at radius 1 is 1.45 bits per heavy atom. The van der Waals surface area contributed by atoms with E-state index < -0.39 is 6.43 Å². The molecule has 0 aliphatic carbocycles. The maximum absolute atomic E-state index is 12.1. The molecule has 0 amide bonds.